The SMILES string of the molecule is [C-]#[N+]/C(=C\c1cc2sc3cc(N(C)CCO)sc3c2s1)C(=O)OC(C)(C)C. The van der Waals surface area contributed by atoms with E-state index < -0.39 is 11.6 Å². The van der Waals surface area contributed by atoms with Gasteiger partial charge in [0.1, 0.15) is 5.60 Å². The zero-order chi connectivity index (χ0) is 19.8. The van der Waals surface area contributed by atoms with E-state index in [9.17, 15) is 4.79 Å². The van der Waals surface area contributed by atoms with Crippen LogP contribution in [-0.2, 0) is 9.53 Å². The van der Waals surface area contributed by atoms with Crippen LogP contribution in [0.3, 0.4) is 0 Å². The molecule has 0 bridgehead atoms. The van der Waals surface area contributed by atoms with E-state index in [1.807, 2.05) is 18.0 Å². The molecule has 0 fully saturated rings. The topological polar surface area (TPSA) is 54.1 Å². The fourth-order valence-corrected chi connectivity index (χ4v) is 6.41. The van der Waals surface area contributed by atoms with Crippen LogP contribution >= 0.6 is 34.0 Å². The summed E-state index contributed by atoms with van der Waals surface area (Å²) in [4.78, 5) is 18.4. The van der Waals surface area contributed by atoms with Gasteiger partial charge in [-0.15, -0.1) is 34.0 Å². The summed E-state index contributed by atoms with van der Waals surface area (Å²) < 4.78 is 10.1. The van der Waals surface area contributed by atoms with Crippen LogP contribution in [0, 0.1) is 6.57 Å². The highest BCUT2D eigenvalue weighted by atomic mass is 32.1. The second kappa shape index (κ2) is 7.60. The summed E-state index contributed by atoms with van der Waals surface area (Å²) in [5.74, 6) is -0.594. The number of aliphatic hydroxyl groups is 1. The standard InChI is InChI=1S/C19H20N2O3S3/c1-19(2,3)24-18(23)12(20-4)8-11-9-13-16(25-11)17-14(26-13)10-15(27-17)21(5)6-7-22/h8-10,22H,6-7H2,1-3,5H3/b12-8-. The smallest absolute Gasteiger partial charge is 0.336 e. The number of hydrogen-bond acceptors (Lipinski definition) is 7. The number of thiophene rings is 3. The molecule has 0 unspecified atom stereocenters. The van der Waals surface area contributed by atoms with Crippen molar-refractivity contribution in [3.05, 3.63) is 34.1 Å². The normalized spacial score (nSPS) is 12.5. The molecule has 3 aromatic rings. The molecule has 3 rings (SSSR count). The zero-order valence-electron chi connectivity index (χ0n) is 15.5. The van der Waals surface area contributed by atoms with Crippen molar-refractivity contribution in [1.29, 1.82) is 0 Å². The van der Waals surface area contributed by atoms with E-state index >= 15 is 0 Å². The highest BCUT2D eigenvalue weighted by Gasteiger charge is 2.21. The molecule has 0 aliphatic carbocycles. The molecule has 0 radical (unpaired) electrons. The quantitative estimate of drug-likeness (QED) is 0.350. The molecular weight excluding hydrogens is 400 g/mol. The second-order valence-electron chi connectivity index (χ2n) is 7.01. The van der Waals surface area contributed by atoms with Crippen molar-refractivity contribution in [2.45, 2.75) is 26.4 Å². The van der Waals surface area contributed by atoms with Crippen molar-refractivity contribution in [3.8, 4) is 0 Å². The predicted molar refractivity (Wildman–Crippen MR) is 116 cm³/mol. The summed E-state index contributed by atoms with van der Waals surface area (Å²) in [6.07, 6.45) is 1.61. The fraction of sp³-hybridized carbons (Fsp3) is 0.368. The van der Waals surface area contributed by atoms with Crippen LogP contribution in [0.25, 0.3) is 29.7 Å². The molecule has 0 aromatic carbocycles. The van der Waals surface area contributed by atoms with Gasteiger partial charge in [0.2, 0.25) is 0 Å². The van der Waals surface area contributed by atoms with Crippen LogP contribution in [-0.4, -0.2) is 36.9 Å². The highest BCUT2D eigenvalue weighted by Crippen LogP contribution is 2.46. The van der Waals surface area contributed by atoms with Gasteiger partial charge >= 0.3 is 5.97 Å². The average Bonchev–Trinajstić information content (AvgIpc) is 3.21. The van der Waals surface area contributed by atoms with Crippen molar-refractivity contribution in [1.82, 2.24) is 0 Å². The Labute approximate surface area is 169 Å². The fourth-order valence-electron chi connectivity index (χ4n) is 2.46. The summed E-state index contributed by atoms with van der Waals surface area (Å²) in [5.41, 5.74) is -0.638. The Hall–Kier alpha value is -1.92. The molecule has 0 saturated heterocycles. The van der Waals surface area contributed by atoms with Crippen molar-refractivity contribution < 1.29 is 14.6 Å². The van der Waals surface area contributed by atoms with Crippen molar-refractivity contribution in [2.75, 3.05) is 25.1 Å². The largest absolute Gasteiger partial charge is 0.465 e. The van der Waals surface area contributed by atoms with Crippen LogP contribution in [0.5, 0.6) is 0 Å². The Kier molecular flexibility index (Phi) is 5.58. The van der Waals surface area contributed by atoms with Gasteiger partial charge in [-0.1, -0.05) is 0 Å². The molecule has 27 heavy (non-hydrogen) atoms. The highest BCUT2D eigenvalue weighted by molar-refractivity contribution is 7.39. The van der Waals surface area contributed by atoms with E-state index in [0.717, 1.165) is 14.6 Å². The first-order valence-corrected chi connectivity index (χ1v) is 10.8. The minimum absolute atomic E-state index is 0.00961. The number of likely N-dealkylation sites (N-methyl/N-ethyl adjacent to an activating group) is 1. The lowest BCUT2D eigenvalue weighted by atomic mass is 10.2. The van der Waals surface area contributed by atoms with Gasteiger partial charge in [0.25, 0.3) is 5.70 Å². The van der Waals surface area contributed by atoms with E-state index in [1.54, 1.807) is 60.9 Å². The number of carbonyl (C=O) groups is 1. The summed E-state index contributed by atoms with van der Waals surface area (Å²) in [7, 11) is 1.97. The number of hydrogen-bond donors (Lipinski definition) is 1. The third-order valence-corrected chi connectivity index (χ3v) is 7.49. The Morgan fingerprint density at radius 3 is 2.56 bits per heavy atom. The van der Waals surface area contributed by atoms with Gasteiger partial charge < -0.3 is 14.7 Å². The molecule has 0 atom stereocenters. The Balaban J connectivity index is 1.94. The number of carbonyl (C=O) groups excluding carboxylic acids is 1. The Morgan fingerprint density at radius 2 is 1.93 bits per heavy atom. The Bertz CT molecular complexity index is 1060. The molecule has 5 nitrogen and oxygen atoms in total. The van der Waals surface area contributed by atoms with E-state index in [-0.39, 0.29) is 12.3 Å². The number of aliphatic hydroxyl groups excluding tert-OH is 1. The summed E-state index contributed by atoms with van der Waals surface area (Å²) in [6.45, 7) is 13.4. The van der Waals surface area contributed by atoms with Crippen molar-refractivity contribution in [3.63, 3.8) is 0 Å². The van der Waals surface area contributed by atoms with E-state index in [1.165, 1.54) is 14.1 Å². The van der Waals surface area contributed by atoms with Crippen LogP contribution in [0.15, 0.2) is 17.8 Å². The molecule has 0 amide bonds. The lowest BCUT2D eigenvalue weighted by molar-refractivity contribution is -0.149. The van der Waals surface area contributed by atoms with Crippen molar-refractivity contribution in [2.24, 2.45) is 0 Å². The maximum atomic E-state index is 12.2. The first kappa shape index (κ1) is 19.8. The van der Waals surface area contributed by atoms with Gasteiger partial charge in [0.05, 0.1) is 27.6 Å². The summed E-state index contributed by atoms with van der Waals surface area (Å²) in [5, 5.41) is 10.2. The third-order valence-electron chi connectivity index (χ3n) is 3.65. The van der Waals surface area contributed by atoms with Crippen LogP contribution in [0.1, 0.15) is 25.6 Å². The number of fused-ring (bicyclic) bond motifs is 3. The number of rotatable bonds is 5. The zero-order valence-corrected chi connectivity index (χ0v) is 18.0. The monoisotopic (exact) mass is 420 g/mol. The van der Waals surface area contributed by atoms with Gasteiger partial charge in [0.15, 0.2) is 0 Å². The maximum absolute atomic E-state index is 12.2. The molecule has 0 aliphatic heterocycles. The van der Waals surface area contributed by atoms with Gasteiger partial charge in [0, 0.05) is 27.9 Å². The average molecular weight is 421 g/mol. The molecule has 0 saturated carbocycles. The molecule has 8 heteroatoms. The summed E-state index contributed by atoms with van der Waals surface area (Å²) >= 11 is 4.97. The lowest BCUT2D eigenvalue weighted by Gasteiger charge is -2.19. The van der Waals surface area contributed by atoms with Crippen LogP contribution < -0.4 is 4.90 Å². The van der Waals surface area contributed by atoms with Crippen LogP contribution in [0.2, 0.25) is 0 Å². The maximum Gasteiger partial charge on any atom is 0.336 e. The first-order valence-electron chi connectivity index (χ1n) is 8.32. The molecule has 3 heterocycles. The molecule has 0 spiro atoms. The number of ether oxygens (including phenoxy) is 1. The predicted octanol–water partition coefficient (Wildman–Crippen LogP) is 5.21. The van der Waals surface area contributed by atoms with E-state index in [2.05, 4.69) is 10.9 Å². The van der Waals surface area contributed by atoms with Gasteiger partial charge in [-0.25, -0.2) is 4.85 Å². The van der Waals surface area contributed by atoms with Gasteiger partial charge in [-0.2, -0.15) is 0 Å². The Morgan fingerprint density at radius 1 is 1.26 bits per heavy atom. The number of nitrogens with zero attached hydrogens (tertiary/aromatic N) is 2. The second-order valence-corrected chi connectivity index (χ2v) is 10.2. The molecule has 3 aromatic heterocycles. The van der Waals surface area contributed by atoms with Gasteiger partial charge in [-0.3, -0.25) is 4.79 Å². The van der Waals surface area contributed by atoms with E-state index in [4.69, 9.17) is 16.4 Å². The van der Waals surface area contributed by atoms with Crippen LogP contribution in [0.4, 0.5) is 5.00 Å². The van der Waals surface area contributed by atoms with Crippen molar-refractivity contribution >= 4 is 69.9 Å². The third kappa shape index (κ3) is 4.33. The summed E-state index contributed by atoms with van der Waals surface area (Å²) in [6, 6.07) is 4.16. The number of esters is 1. The molecule has 0 aliphatic rings. The minimum atomic E-state index is -0.628. The lowest BCUT2D eigenvalue weighted by Crippen LogP contribution is -2.24. The number of anilines is 1. The molecular formula is C19H20N2O3S3. The van der Waals surface area contributed by atoms with E-state index in [0.29, 0.717) is 6.54 Å². The minimum Gasteiger partial charge on any atom is -0.465 e. The molecule has 1 N–H and O–H groups in total. The first-order chi connectivity index (χ1) is 12.7. The molecule has 142 valence electrons. The van der Waals surface area contributed by atoms with Gasteiger partial charge in [-0.05, 0) is 39.0 Å².